The largest absolute Gasteiger partial charge is 0.378 e. The normalized spacial score (nSPS) is 14.9. The van der Waals surface area contributed by atoms with Gasteiger partial charge >= 0.3 is 0 Å². The molecule has 0 bridgehead atoms. The molecule has 2 heterocycles. The van der Waals surface area contributed by atoms with Gasteiger partial charge in [0.15, 0.2) is 9.84 Å². The fourth-order valence-electron chi connectivity index (χ4n) is 2.70. The monoisotopic (exact) mass is 375 g/mol. The molecule has 3 rings (SSSR count). The lowest BCUT2D eigenvalue weighted by Crippen LogP contribution is -2.36. The SMILES string of the molecule is CS(=O)(=O)Cc1ccc(C(=O)Nc2ccc(N3CCOCC3)nc2)cc1. The second kappa shape index (κ2) is 7.84. The quantitative estimate of drug-likeness (QED) is 0.856. The van der Waals surface area contributed by atoms with Gasteiger partial charge in [0, 0.05) is 24.9 Å². The van der Waals surface area contributed by atoms with Crippen LogP contribution in [-0.2, 0) is 20.3 Å². The Morgan fingerprint density at radius 3 is 2.42 bits per heavy atom. The topological polar surface area (TPSA) is 88.6 Å². The lowest BCUT2D eigenvalue weighted by molar-refractivity contribution is 0.102. The Balaban J connectivity index is 1.62. The van der Waals surface area contributed by atoms with Crippen molar-refractivity contribution in [1.82, 2.24) is 4.98 Å². The van der Waals surface area contributed by atoms with E-state index in [9.17, 15) is 13.2 Å². The molecule has 26 heavy (non-hydrogen) atoms. The minimum absolute atomic E-state index is 0.0399. The molecule has 0 aliphatic carbocycles. The summed E-state index contributed by atoms with van der Waals surface area (Å²) in [7, 11) is -3.09. The first kappa shape index (κ1) is 18.3. The summed E-state index contributed by atoms with van der Waals surface area (Å²) in [6, 6.07) is 10.2. The Hall–Kier alpha value is -2.45. The molecule has 1 saturated heterocycles. The van der Waals surface area contributed by atoms with Crippen molar-refractivity contribution in [2.24, 2.45) is 0 Å². The number of nitrogens with zero attached hydrogens (tertiary/aromatic N) is 2. The number of ether oxygens (including phenoxy) is 1. The van der Waals surface area contributed by atoms with Crippen LogP contribution in [0.1, 0.15) is 15.9 Å². The molecule has 2 aromatic rings. The molecule has 1 N–H and O–H groups in total. The van der Waals surface area contributed by atoms with E-state index in [0.717, 1.165) is 18.9 Å². The first-order valence-electron chi connectivity index (χ1n) is 8.27. The highest BCUT2D eigenvalue weighted by atomic mass is 32.2. The molecular formula is C18H21N3O4S. The number of benzene rings is 1. The fraction of sp³-hybridized carbons (Fsp3) is 0.333. The van der Waals surface area contributed by atoms with Crippen LogP contribution in [0.4, 0.5) is 11.5 Å². The number of aromatic nitrogens is 1. The van der Waals surface area contributed by atoms with Gasteiger partial charge in [0.05, 0.1) is 30.9 Å². The Kier molecular flexibility index (Phi) is 5.53. The number of carbonyl (C=O) groups excluding carboxylic acids is 1. The van der Waals surface area contributed by atoms with Crippen molar-refractivity contribution in [2.45, 2.75) is 5.75 Å². The van der Waals surface area contributed by atoms with Crippen molar-refractivity contribution in [3.63, 3.8) is 0 Å². The molecule has 0 atom stereocenters. The number of carbonyl (C=O) groups is 1. The van der Waals surface area contributed by atoms with Crippen LogP contribution in [0.2, 0.25) is 0 Å². The zero-order valence-electron chi connectivity index (χ0n) is 14.5. The third-order valence-corrected chi connectivity index (χ3v) is 4.84. The van der Waals surface area contributed by atoms with E-state index < -0.39 is 9.84 Å². The third-order valence-electron chi connectivity index (χ3n) is 3.99. The molecule has 0 saturated carbocycles. The van der Waals surface area contributed by atoms with E-state index in [4.69, 9.17) is 4.74 Å². The van der Waals surface area contributed by atoms with Gasteiger partial charge in [0.25, 0.3) is 5.91 Å². The van der Waals surface area contributed by atoms with Crippen LogP contribution in [0.25, 0.3) is 0 Å². The van der Waals surface area contributed by atoms with Crippen molar-refractivity contribution in [3.8, 4) is 0 Å². The van der Waals surface area contributed by atoms with Gasteiger partial charge in [-0.25, -0.2) is 13.4 Å². The van der Waals surface area contributed by atoms with Crippen molar-refractivity contribution >= 4 is 27.2 Å². The van der Waals surface area contributed by atoms with E-state index in [2.05, 4.69) is 15.2 Å². The standard InChI is InChI=1S/C18H21N3O4S/c1-26(23,24)13-14-2-4-15(5-3-14)18(22)20-16-6-7-17(19-12-16)21-8-10-25-11-9-21/h2-7,12H,8-11,13H2,1H3,(H,20,22). The van der Waals surface area contributed by atoms with E-state index in [1.807, 2.05) is 12.1 Å². The molecule has 1 aliphatic rings. The molecule has 0 unspecified atom stereocenters. The van der Waals surface area contributed by atoms with Crippen molar-refractivity contribution < 1.29 is 17.9 Å². The summed E-state index contributed by atoms with van der Waals surface area (Å²) in [5.41, 5.74) is 1.72. The summed E-state index contributed by atoms with van der Waals surface area (Å²) in [5.74, 6) is 0.551. The van der Waals surface area contributed by atoms with Crippen molar-refractivity contribution in [3.05, 3.63) is 53.7 Å². The zero-order valence-corrected chi connectivity index (χ0v) is 15.3. The molecule has 8 heteroatoms. The minimum Gasteiger partial charge on any atom is -0.378 e. The summed E-state index contributed by atoms with van der Waals surface area (Å²) >= 11 is 0. The van der Waals surface area contributed by atoms with Gasteiger partial charge < -0.3 is 15.0 Å². The maximum Gasteiger partial charge on any atom is 0.255 e. The molecule has 1 aliphatic heterocycles. The van der Waals surface area contributed by atoms with E-state index in [1.54, 1.807) is 30.5 Å². The molecule has 1 aromatic carbocycles. The number of hydrogen-bond donors (Lipinski definition) is 1. The van der Waals surface area contributed by atoms with Crippen LogP contribution in [0.15, 0.2) is 42.6 Å². The summed E-state index contributed by atoms with van der Waals surface area (Å²) < 4.78 is 27.9. The smallest absolute Gasteiger partial charge is 0.255 e. The Morgan fingerprint density at radius 2 is 1.85 bits per heavy atom. The summed E-state index contributed by atoms with van der Waals surface area (Å²) in [5, 5.41) is 2.79. The maximum absolute atomic E-state index is 12.3. The van der Waals surface area contributed by atoms with Crippen molar-refractivity contribution in [2.75, 3.05) is 42.8 Å². The van der Waals surface area contributed by atoms with Crippen LogP contribution in [0.3, 0.4) is 0 Å². The highest BCUT2D eigenvalue weighted by Gasteiger charge is 2.13. The number of nitrogens with one attached hydrogen (secondary N) is 1. The average Bonchev–Trinajstić information content (AvgIpc) is 2.62. The van der Waals surface area contributed by atoms with E-state index >= 15 is 0 Å². The van der Waals surface area contributed by atoms with Gasteiger partial charge in [-0.15, -0.1) is 0 Å². The number of hydrogen-bond acceptors (Lipinski definition) is 6. The van der Waals surface area contributed by atoms with Crippen LogP contribution in [0, 0.1) is 0 Å². The second-order valence-corrected chi connectivity index (χ2v) is 8.37. The van der Waals surface area contributed by atoms with Gasteiger partial charge in [-0.3, -0.25) is 4.79 Å². The number of rotatable bonds is 5. The number of morpholine rings is 1. The number of sulfone groups is 1. The molecule has 1 amide bonds. The highest BCUT2D eigenvalue weighted by Crippen LogP contribution is 2.16. The van der Waals surface area contributed by atoms with Gasteiger partial charge in [-0.1, -0.05) is 12.1 Å². The molecule has 0 radical (unpaired) electrons. The predicted octanol–water partition coefficient (Wildman–Crippen LogP) is 1.72. The first-order chi connectivity index (χ1) is 12.4. The van der Waals surface area contributed by atoms with Crippen LogP contribution < -0.4 is 10.2 Å². The van der Waals surface area contributed by atoms with Crippen molar-refractivity contribution in [1.29, 1.82) is 0 Å². The van der Waals surface area contributed by atoms with E-state index in [0.29, 0.717) is 30.0 Å². The molecule has 7 nitrogen and oxygen atoms in total. The van der Waals surface area contributed by atoms with Gasteiger partial charge in [0.1, 0.15) is 5.82 Å². The predicted molar refractivity (Wildman–Crippen MR) is 100 cm³/mol. The zero-order chi connectivity index (χ0) is 18.6. The second-order valence-electron chi connectivity index (χ2n) is 6.23. The van der Waals surface area contributed by atoms with Gasteiger partial charge in [-0.05, 0) is 29.8 Å². The summed E-state index contributed by atoms with van der Waals surface area (Å²) in [6.45, 7) is 2.99. The summed E-state index contributed by atoms with van der Waals surface area (Å²) in [4.78, 5) is 18.8. The molecular weight excluding hydrogens is 354 g/mol. The van der Waals surface area contributed by atoms with Gasteiger partial charge in [-0.2, -0.15) is 0 Å². The van der Waals surface area contributed by atoms with E-state index in [1.165, 1.54) is 6.26 Å². The van der Waals surface area contributed by atoms with Gasteiger partial charge in [0.2, 0.25) is 0 Å². The molecule has 1 aromatic heterocycles. The highest BCUT2D eigenvalue weighted by molar-refractivity contribution is 7.89. The molecule has 1 fully saturated rings. The minimum atomic E-state index is -3.09. The van der Waals surface area contributed by atoms with Crippen LogP contribution >= 0.6 is 0 Å². The lowest BCUT2D eigenvalue weighted by atomic mass is 10.1. The number of pyridine rings is 1. The van der Waals surface area contributed by atoms with Crippen LogP contribution in [0.5, 0.6) is 0 Å². The molecule has 138 valence electrons. The average molecular weight is 375 g/mol. The Bertz CT molecular complexity index is 858. The Morgan fingerprint density at radius 1 is 1.15 bits per heavy atom. The maximum atomic E-state index is 12.3. The Labute approximate surface area is 152 Å². The lowest BCUT2D eigenvalue weighted by Gasteiger charge is -2.27. The molecule has 0 spiro atoms. The number of amides is 1. The van der Waals surface area contributed by atoms with Crippen LogP contribution in [-0.4, -0.2) is 51.9 Å². The third kappa shape index (κ3) is 5.03. The summed E-state index contributed by atoms with van der Waals surface area (Å²) in [6.07, 6.45) is 2.81. The fourth-order valence-corrected chi connectivity index (χ4v) is 3.50. The van der Waals surface area contributed by atoms with E-state index in [-0.39, 0.29) is 11.7 Å². The number of anilines is 2. The first-order valence-corrected chi connectivity index (χ1v) is 10.3.